The fourth-order valence-electron chi connectivity index (χ4n) is 3.45. The van der Waals surface area contributed by atoms with Crippen molar-refractivity contribution in [3.63, 3.8) is 0 Å². The summed E-state index contributed by atoms with van der Waals surface area (Å²) in [5.74, 6) is -0.210. The monoisotopic (exact) mass is 424 g/mol. The van der Waals surface area contributed by atoms with Crippen LogP contribution in [-0.4, -0.2) is 12.5 Å². The summed E-state index contributed by atoms with van der Waals surface area (Å²) in [4.78, 5) is 12.5. The summed E-state index contributed by atoms with van der Waals surface area (Å²) in [5.41, 5.74) is 3.17. The maximum absolute atomic E-state index is 14.6. The fraction of sp³-hybridized carbons (Fsp3) is 0.316. The Morgan fingerprint density at radius 3 is 2.92 bits per heavy atom. The first-order valence-electron chi connectivity index (χ1n) is 8.21. The normalized spacial score (nSPS) is 21.0. The topological polar surface area (TPSA) is 41.1 Å². The molecule has 3 nitrogen and oxygen atoms in total. The van der Waals surface area contributed by atoms with E-state index in [1.165, 1.54) is 0 Å². The summed E-state index contributed by atoms with van der Waals surface area (Å²) < 4.78 is 15.6. The predicted octanol–water partition coefficient (Wildman–Crippen LogP) is 4.40. The molecule has 1 fully saturated rings. The van der Waals surface area contributed by atoms with Gasteiger partial charge in [0, 0.05) is 16.9 Å². The average Bonchev–Trinajstić information content (AvgIpc) is 3.38. The molecule has 6 heteroatoms. The van der Waals surface area contributed by atoms with Crippen LogP contribution >= 0.6 is 28.3 Å². The molecule has 1 saturated carbocycles. The number of carbonyl (C=O) groups excluding carboxylic acids is 1. The first-order chi connectivity index (χ1) is 11.6. The largest absolute Gasteiger partial charge is 0.323 e. The summed E-state index contributed by atoms with van der Waals surface area (Å²) in [7, 11) is 0. The van der Waals surface area contributed by atoms with Crippen LogP contribution in [0.3, 0.4) is 0 Å². The molecule has 1 amide bonds. The Kier molecular flexibility index (Phi) is 5.46. The first-order valence-corrected chi connectivity index (χ1v) is 9.00. The lowest BCUT2D eigenvalue weighted by Crippen LogP contribution is -2.25. The van der Waals surface area contributed by atoms with Crippen LogP contribution < -0.4 is 10.6 Å². The molecule has 0 aromatic heterocycles. The molecular formula is C19H19BrClFN2O. The third-order valence-corrected chi connectivity index (χ3v) is 5.36. The van der Waals surface area contributed by atoms with Gasteiger partial charge in [-0.25, -0.2) is 4.39 Å². The van der Waals surface area contributed by atoms with Gasteiger partial charge in [-0.2, -0.15) is 0 Å². The minimum atomic E-state index is -0.276. The molecule has 0 saturated heterocycles. The van der Waals surface area contributed by atoms with Crippen molar-refractivity contribution in [1.82, 2.24) is 5.32 Å². The van der Waals surface area contributed by atoms with Gasteiger partial charge in [0.25, 0.3) is 0 Å². The lowest BCUT2D eigenvalue weighted by Gasteiger charge is -2.19. The standard InChI is InChI=1S/C19H18BrFN2O.ClH/c20-13-3-1-2-11(8-13)15-9-16(15)19(24)23-17-5-4-12-10-22-7-6-14(12)18(17)21;/h1-5,8,15-16,22H,6-7,9-10H2,(H,23,24);1H. The van der Waals surface area contributed by atoms with Gasteiger partial charge in [0.1, 0.15) is 5.82 Å². The molecule has 2 unspecified atom stereocenters. The summed E-state index contributed by atoms with van der Waals surface area (Å²) in [6, 6.07) is 11.6. The molecule has 0 bridgehead atoms. The second kappa shape index (κ2) is 7.44. The van der Waals surface area contributed by atoms with Gasteiger partial charge in [-0.1, -0.05) is 34.1 Å². The van der Waals surface area contributed by atoms with Crippen molar-refractivity contribution in [2.24, 2.45) is 5.92 Å². The minimum absolute atomic E-state index is 0. The minimum Gasteiger partial charge on any atom is -0.323 e. The van der Waals surface area contributed by atoms with Crippen LogP contribution in [0.5, 0.6) is 0 Å². The Labute approximate surface area is 160 Å². The Morgan fingerprint density at radius 1 is 1.28 bits per heavy atom. The quantitative estimate of drug-likeness (QED) is 0.765. The molecule has 2 aromatic rings. The first kappa shape index (κ1) is 18.4. The second-order valence-corrected chi connectivity index (χ2v) is 7.40. The number of anilines is 1. The molecule has 25 heavy (non-hydrogen) atoms. The summed E-state index contributed by atoms with van der Waals surface area (Å²) in [6.45, 7) is 1.46. The van der Waals surface area contributed by atoms with Gasteiger partial charge >= 0.3 is 0 Å². The summed E-state index contributed by atoms with van der Waals surface area (Å²) in [6.07, 6.45) is 1.48. The molecular weight excluding hydrogens is 407 g/mol. The molecule has 0 radical (unpaired) electrons. The highest BCUT2D eigenvalue weighted by molar-refractivity contribution is 9.10. The van der Waals surface area contributed by atoms with E-state index in [1.807, 2.05) is 30.3 Å². The molecule has 2 atom stereocenters. The molecule has 2 aliphatic rings. The number of hydrogen-bond acceptors (Lipinski definition) is 2. The van der Waals surface area contributed by atoms with Crippen molar-refractivity contribution in [2.45, 2.75) is 25.3 Å². The Hall–Kier alpha value is -1.43. The van der Waals surface area contributed by atoms with E-state index in [9.17, 15) is 9.18 Å². The van der Waals surface area contributed by atoms with Crippen molar-refractivity contribution in [2.75, 3.05) is 11.9 Å². The molecule has 1 heterocycles. The maximum Gasteiger partial charge on any atom is 0.228 e. The number of hydrogen-bond donors (Lipinski definition) is 2. The van der Waals surface area contributed by atoms with Crippen molar-refractivity contribution in [3.05, 3.63) is 63.4 Å². The van der Waals surface area contributed by atoms with Crippen molar-refractivity contribution in [1.29, 1.82) is 0 Å². The number of carbonyl (C=O) groups is 1. The van der Waals surface area contributed by atoms with E-state index < -0.39 is 0 Å². The van der Waals surface area contributed by atoms with Crippen LogP contribution in [0.4, 0.5) is 10.1 Å². The number of benzene rings is 2. The fourth-order valence-corrected chi connectivity index (χ4v) is 3.86. The second-order valence-electron chi connectivity index (χ2n) is 6.48. The van der Waals surface area contributed by atoms with Gasteiger partial charge in [0.15, 0.2) is 0 Å². The molecule has 1 aliphatic carbocycles. The van der Waals surface area contributed by atoms with E-state index >= 15 is 0 Å². The van der Waals surface area contributed by atoms with Gasteiger partial charge in [-0.05, 0) is 60.2 Å². The average molecular weight is 426 g/mol. The third-order valence-electron chi connectivity index (χ3n) is 4.87. The third kappa shape index (κ3) is 3.73. The number of rotatable bonds is 3. The van der Waals surface area contributed by atoms with Gasteiger partial charge in [0.2, 0.25) is 5.91 Å². The highest BCUT2D eigenvalue weighted by Crippen LogP contribution is 2.48. The molecule has 4 rings (SSSR count). The molecule has 2 aromatic carbocycles. The molecule has 0 spiro atoms. The zero-order valence-electron chi connectivity index (χ0n) is 13.5. The van der Waals surface area contributed by atoms with Crippen LogP contribution in [0.1, 0.15) is 29.0 Å². The van der Waals surface area contributed by atoms with Crippen molar-refractivity contribution < 1.29 is 9.18 Å². The maximum atomic E-state index is 14.6. The van der Waals surface area contributed by atoms with Gasteiger partial charge in [-0.3, -0.25) is 4.79 Å². The van der Waals surface area contributed by atoms with E-state index in [0.29, 0.717) is 18.7 Å². The van der Waals surface area contributed by atoms with Crippen molar-refractivity contribution >= 4 is 39.9 Å². The van der Waals surface area contributed by atoms with E-state index in [1.54, 1.807) is 6.07 Å². The number of fused-ring (bicyclic) bond motifs is 1. The van der Waals surface area contributed by atoms with E-state index in [0.717, 1.165) is 34.1 Å². The van der Waals surface area contributed by atoms with Gasteiger partial charge < -0.3 is 10.6 Å². The van der Waals surface area contributed by atoms with Crippen LogP contribution in [0.2, 0.25) is 0 Å². The van der Waals surface area contributed by atoms with Crippen molar-refractivity contribution in [3.8, 4) is 0 Å². The van der Waals surface area contributed by atoms with Crippen LogP contribution in [0, 0.1) is 11.7 Å². The summed E-state index contributed by atoms with van der Waals surface area (Å²) in [5, 5.41) is 6.02. The molecule has 132 valence electrons. The highest BCUT2D eigenvalue weighted by atomic mass is 79.9. The Bertz CT molecular complexity index is 814. The van der Waals surface area contributed by atoms with Crippen LogP contribution in [0.15, 0.2) is 40.9 Å². The van der Waals surface area contributed by atoms with Gasteiger partial charge in [0.05, 0.1) is 5.69 Å². The van der Waals surface area contributed by atoms with Gasteiger partial charge in [-0.15, -0.1) is 12.4 Å². The van der Waals surface area contributed by atoms with Crippen LogP contribution in [0.25, 0.3) is 0 Å². The lowest BCUT2D eigenvalue weighted by molar-refractivity contribution is -0.117. The number of amides is 1. The zero-order valence-corrected chi connectivity index (χ0v) is 15.9. The smallest absolute Gasteiger partial charge is 0.228 e. The number of halogens is 3. The van der Waals surface area contributed by atoms with E-state index in [-0.39, 0.29) is 36.0 Å². The lowest BCUT2D eigenvalue weighted by atomic mass is 9.99. The molecule has 1 aliphatic heterocycles. The SMILES string of the molecule is Cl.O=C(Nc1ccc2c(c1F)CCNC2)C1CC1c1cccc(Br)c1. The summed E-state index contributed by atoms with van der Waals surface area (Å²) >= 11 is 3.46. The predicted molar refractivity (Wildman–Crippen MR) is 103 cm³/mol. The highest BCUT2D eigenvalue weighted by Gasteiger charge is 2.44. The van der Waals surface area contributed by atoms with E-state index in [4.69, 9.17) is 0 Å². The number of nitrogens with one attached hydrogen (secondary N) is 2. The molecule has 2 N–H and O–H groups in total. The van der Waals surface area contributed by atoms with Crippen LogP contribution in [-0.2, 0) is 17.8 Å². The van der Waals surface area contributed by atoms with E-state index in [2.05, 4.69) is 26.6 Å². The zero-order chi connectivity index (χ0) is 16.7. The Morgan fingerprint density at radius 2 is 2.12 bits per heavy atom. The Balaban J connectivity index is 0.00000182.